The van der Waals surface area contributed by atoms with E-state index in [0.29, 0.717) is 13.1 Å². The number of nitro groups is 1. The summed E-state index contributed by atoms with van der Waals surface area (Å²) in [6, 6.07) is 13.6. The van der Waals surface area contributed by atoms with Gasteiger partial charge in [0.2, 0.25) is 0 Å². The Morgan fingerprint density at radius 1 is 1.32 bits per heavy atom. The summed E-state index contributed by atoms with van der Waals surface area (Å²) >= 11 is 0. The molecule has 2 aromatic carbocycles. The van der Waals surface area contributed by atoms with Gasteiger partial charge in [0.05, 0.1) is 18.6 Å². The van der Waals surface area contributed by atoms with Crippen molar-refractivity contribution in [2.75, 3.05) is 20.3 Å². The first-order valence-corrected chi connectivity index (χ1v) is 8.38. The van der Waals surface area contributed by atoms with Gasteiger partial charge < -0.3 is 9.84 Å². The van der Waals surface area contributed by atoms with E-state index >= 15 is 0 Å². The van der Waals surface area contributed by atoms with Gasteiger partial charge in [0.1, 0.15) is 0 Å². The zero-order valence-corrected chi connectivity index (χ0v) is 14.2. The van der Waals surface area contributed by atoms with Crippen LogP contribution in [0.15, 0.2) is 42.5 Å². The molecule has 0 radical (unpaired) electrons. The molecule has 0 saturated carbocycles. The van der Waals surface area contributed by atoms with E-state index in [1.165, 1.54) is 18.2 Å². The van der Waals surface area contributed by atoms with Crippen molar-refractivity contribution >= 4 is 5.69 Å². The summed E-state index contributed by atoms with van der Waals surface area (Å²) < 4.78 is 5.07. The molecule has 0 aromatic heterocycles. The fraction of sp³-hybridized carbons (Fsp3) is 0.368. The van der Waals surface area contributed by atoms with E-state index in [2.05, 4.69) is 17.0 Å². The average molecular weight is 342 g/mol. The summed E-state index contributed by atoms with van der Waals surface area (Å²) in [7, 11) is 1.43. The van der Waals surface area contributed by atoms with Gasteiger partial charge in [-0.05, 0) is 35.6 Å². The molecule has 1 aliphatic carbocycles. The van der Waals surface area contributed by atoms with Crippen molar-refractivity contribution in [3.8, 4) is 5.75 Å². The molecule has 0 saturated heterocycles. The highest BCUT2D eigenvalue weighted by Gasteiger charge is 2.28. The number of benzene rings is 2. The molecule has 0 spiro atoms. The predicted octanol–water partition coefficient (Wildman–Crippen LogP) is 3.09. The maximum absolute atomic E-state index is 11.2. The lowest BCUT2D eigenvalue weighted by molar-refractivity contribution is -0.385. The van der Waals surface area contributed by atoms with Gasteiger partial charge in [-0.15, -0.1) is 0 Å². The second kappa shape index (κ2) is 7.63. The van der Waals surface area contributed by atoms with E-state index in [4.69, 9.17) is 4.74 Å². The highest BCUT2D eigenvalue weighted by molar-refractivity contribution is 5.48. The normalized spacial score (nSPS) is 16.0. The van der Waals surface area contributed by atoms with Gasteiger partial charge in [-0.2, -0.15) is 0 Å². The highest BCUT2D eigenvalue weighted by atomic mass is 16.6. The van der Waals surface area contributed by atoms with Crippen LogP contribution in [0.3, 0.4) is 0 Å². The van der Waals surface area contributed by atoms with Crippen LogP contribution in [0, 0.1) is 10.1 Å². The second-order valence-electron chi connectivity index (χ2n) is 6.21. The third-order valence-corrected chi connectivity index (χ3v) is 4.75. The Kier molecular flexibility index (Phi) is 5.31. The second-order valence-corrected chi connectivity index (χ2v) is 6.21. The van der Waals surface area contributed by atoms with Gasteiger partial charge in [-0.25, -0.2) is 0 Å². The molecule has 0 fully saturated rings. The topological polar surface area (TPSA) is 75.8 Å². The Morgan fingerprint density at radius 3 is 2.84 bits per heavy atom. The Morgan fingerprint density at radius 2 is 2.12 bits per heavy atom. The molecule has 1 atom stereocenters. The maximum atomic E-state index is 11.2. The summed E-state index contributed by atoms with van der Waals surface area (Å²) in [4.78, 5) is 13.0. The van der Waals surface area contributed by atoms with Crippen LogP contribution in [0.5, 0.6) is 5.75 Å². The first kappa shape index (κ1) is 17.4. The Bertz CT molecular complexity index is 763. The van der Waals surface area contributed by atoms with Gasteiger partial charge >= 0.3 is 5.69 Å². The number of methoxy groups -OCH3 is 1. The quantitative estimate of drug-likeness (QED) is 0.618. The third kappa shape index (κ3) is 3.65. The number of ether oxygens (including phenoxy) is 1. The molecule has 6 heteroatoms. The van der Waals surface area contributed by atoms with Crippen molar-refractivity contribution in [3.63, 3.8) is 0 Å². The van der Waals surface area contributed by atoms with Crippen LogP contribution < -0.4 is 4.74 Å². The molecule has 0 aliphatic heterocycles. The first-order chi connectivity index (χ1) is 12.1. The number of nitro benzene ring substituents is 1. The Hall–Kier alpha value is -2.44. The lowest BCUT2D eigenvalue weighted by atomic mass is 10.1. The first-order valence-electron chi connectivity index (χ1n) is 8.38. The maximum Gasteiger partial charge on any atom is 0.311 e. The zero-order chi connectivity index (χ0) is 17.8. The summed E-state index contributed by atoms with van der Waals surface area (Å²) in [6.45, 7) is 1.13. The van der Waals surface area contributed by atoms with Gasteiger partial charge in [-0.3, -0.25) is 15.0 Å². The minimum absolute atomic E-state index is 0.0317. The number of hydrogen-bond donors (Lipinski definition) is 1. The van der Waals surface area contributed by atoms with Gasteiger partial charge in [-0.1, -0.05) is 30.3 Å². The molecule has 3 rings (SSSR count). The summed E-state index contributed by atoms with van der Waals surface area (Å²) in [5.74, 6) is 0.258. The van der Waals surface area contributed by atoms with Gasteiger partial charge in [0.15, 0.2) is 5.75 Å². The van der Waals surface area contributed by atoms with Crippen LogP contribution in [-0.2, 0) is 13.0 Å². The molecule has 1 aliphatic rings. The smallest absolute Gasteiger partial charge is 0.311 e. The molecular weight excluding hydrogens is 320 g/mol. The van der Waals surface area contributed by atoms with Crippen LogP contribution in [0.4, 0.5) is 5.69 Å². The SMILES string of the molecule is COc1ccc(CN(CCO)C2CCc3ccccc32)cc1[N+](=O)[O-]. The number of aliphatic hydroxyl groups excluding tert-OH is 1. The van der Waals surface area contributed by atoms with Crippen molar-refractivity contribution in [3.05, 3.63) is 69.3 Å². The average Bonchev–Trinajstić information content (AvgIpc) is 3.05. The minimum atomic E-state index is -0.427. The number of aliphatic hydroxyl groups is 1. The number of rotatable bonds is 7. The lowest BCUT2D eigenvalue weighted by Crippen LogP contribution is -2.30. The third-order valence-electron chi connectivity index (χ3n) is 4.75. The van der Waals surface area contributed by atoms with E-state index < -0.39 is 4.92 Å². The standard InChI is InChI=1S/C19H22N2O4/c1-25-19-9-6-14(12-18(19)21(23)24)13-20(10-11-22)17-8-7-15-4-2-3-5-16(15)17/h2-6,9,12,17,22H,7-8,10-11,13H2,1H3. The predicted molar refractivity (Wildman–Crippen MR) is 94.6 cm³/mol. The van der Waals surface area contributed by atoms with Crippen molar-refractivity contribution < 1.29 is 14.8 Å². The van der Waals surface area contributed by atoms with Crippen LogP contribution in [0.1, 0.15) is 29.2 Å². The van der Waals surface area contributed by atoms with E-state index in [1.807, 2.05) is 18.2 Å². The Labute approximate surface area is 146 Å². The number of hydrogen-bond acceptors (Lipinski definition) is 5. The molecular formula is C19H22N2O4. The van der Waals surface area contributed by atoms with E-state index in [-0.39, 0.29) is 24.1 Å². The molecule has 1 unspecified atom stereocenters. The van der Waals surface area contributed by atoms with E-state index in [1.54, 1.807) is 12.1 Å². The monoisotopic (exact) mass is 342 g/mol. The zero-order valence-electron chi connectivity index (χ0n) is 14.2. The molecule has 2 aromatic rings. The minimum Gasteiger partial charge on any atom is -0.490 e. The van der Waals surface area contributed by atoms with Crippen molar-refractivity contribution in [1.29, 1.82) is 0 Å². The fourth-order valence-electron chi connectivity index (χ4n) is 3.60. The highest BCUT2D eigenvalue weighted by Crippen LogP contribution is 2.37. The molecule has 6 nitrogen and oxygen atoms in total. The van der Waals surface area contributed by atoms with Crippen LogP contribution >= 0.6 is 0 Å². The molecule has 132 valence electrons. The largest absolute Gasteiger partial charge is 0.490 e. The molecule has 25 heavy (non-hydrogen) atoms. The van der Waals surface area contributed by atoms with E-state index in [9.17, 15) is 15.2 Å². The van der Waals surface area contributed by atoms with Crippen molar-refractivity contribution in [2.45, 2.75) is 25.4 Å². The van der Waals surface area contributed by atoms with Crippen LogP contribution in [0.2, 0.25) is 0 Å². The van der Waals surface area contributed by atoms with Gasteiger partial charge in [0.25, 0.3) is 0 Å². The summed E-state index contributed by atoms with van der Waals surface area (Å²) in [6.07, 6.45) is 2.02. The summed E-state index contributed by atoms with van der Waals surface area (Å²) in [5, 5.41) is 20.7. The van der Waals surface area contributed by atoms with Crippen molar-refractivity contribution in [1.82, 2.24) is 4.90 Å². The number of aryl methyl sites for hydroxylation is 1. The molecule has 1 N–H and O–H groups in total. The van der Waals surface area contributed by atoms with Crippen LogP contribution in [0.25, 0.3) is 0 Å². The Balaban J connectivity index is 1.86. The molecule has 0 bridgehead atoms. The van der Waals surface area contributed by atoms with E-state index in [0.717, 1.165) is 18.4 Å². The van der Waals surface area contributed by atoms with Crippen LogP contribution in [-0.4, -0.2) is 35.2 Å². The van der Waals surface area contributed by atoms with Gasteiger partial charge in [0, 0.05) is 25.2 Å². The summed E-state index contributed by atoms with van der Waals surface area (Å²) in [5.41, 5.74) is 3.44. The lowest BCUT2D eigenvalue weighted by Gasteiger charge is -2.29. The number of nitrogens with zero attached hydrogens (tertiary/aromatic N) is 2. The molecule has 0 heterocycles. The fourth-order valence-corrected chi connectivity index (χ4v) is 3.60. The number of fused-ring (bicyclic) bond motifs is 1. The molecule has 0 amide bonds. The van der Waals surface area contributed by atoms with Crippen molar-refractivity contribution in [2.24, 2.45) is 0 Å².